The van der Waals surface area contributed by atoms with Crippen LogP contribution in [-0.2, 0) is 10.0 Å². The smallest absolute Gasteiger partial charge is 0.252 e. The number of rotatable bonds is 5. The fourth-order valence-corrected chi connectivity index (χ4v) is 2.95. The average Bonchev–Trinajstić information content (AvgIpc) is 2.28. The van der Waals surface area contributed by atoms with Gasteiger partial charge < -0.3 is 5.43 Å². The van der Waals surface area contributed by atoms with Crippen molar-refractivity contribution in [3.8, 4) is 0 Å². The lowest BCUT2D eigenvalue weighted by Crippen LogP contribution is -2.32. The lowest BCUT2D eigenvalue weighted by molar-refractivity contribution is 0.126. The summed E-state index contributed by atoms with van der Waals surface area (Å²) >= 11 is 3.06. The second kappa shape index (κ2) is 5.87. The normalized spacial score (nSPS) is 12.2. The van der Waals surface area contributed by atoms with E-state index in [9.17, 15) is 17.2 Å². The van der Waals surface area contributed by atoms with E-state index in [0.717, 1.165) is 7.05 Å². The van der Waals surface area contributed by atoms with Gasteiger partial charge in [-0.2, -0.15) is 4.31 Å². The van der Waals surface area contributed by atoms with Crippen molar-refractivity contribution in [2.45, 2.75) is 11.3 Å². The fraction of sp³-hybridized carbons (Fsp3) is 0.375. The van der Waals surface area contributed by atoms with Gasteiger partial charge in [0.05, 0.1) is 6.54 Å². The first kappa shape index (κ1) is 15.2. The maximum atomic E-state index is 12.2. The van der Waals surface area contributed by atoms with Gasteiger partial charge in [-0.1, -0.05) is 0 Å². The number of sulfonamides is 1. The highest BCUT2D eigenvalue weighted by Crippen LogP contribution is 2.25. The molecule has 10 heteroatoms. The van der Waals surface area contributed by atoms with Crippen LogP contribution in [0.15, 0.2) is 21.6 Å². The summed E-state index contributed by atoms with van der Waals surface area (Å²) in [5.74, 6) is 5.03. The van der Waals surface area contributed by atoms with Crippen molar-refractivity contribution in [1.82, 2.24) is 9.29 Å². The van der Waals surface area contributed by atoms with Crippen LogP contribution >= 0.6 is 15.9 Å². The molecule has 0 aromatic carbocycles. The van der Waals surface area contributed by atoms with E-state index >= 15 is 0 Å². The van der Waals surface area contributed by atoms with Gasteiger partial charge in [0.25, 0.3) is 6.43 Å². The van der Waals surface area contributed by atoms with Crippen LogP contribution in [0.5, 0.6) is 0 Å². The van der Waals surface area contributed by atoms with E-state index in [1.165, 1.54) is 12.3 Å². The molecule has 0 radical (unpaired) electrons. The van der Waals surface area contributed by atoms with Gasteiger partial charge in [-0.3, -0.25) is 0 Å². The van der Waals surface area contributed by atoms with Crippen LogP contribution in [0.25, 0.3) is 0 Å². The molecule has 1 heterocycles. The van der Waals surface area contributed by atoms with Crippen LogP contribution in [0, 0.1) is 0 Å². The van der Waals surface area contributed by atoms with E-state index in [4.69, 9.17) is 5.84 Å². The van der Waals surface area contributed by atoms with Crippen molar-refractivity contribution in [3.63, 3.8) is 0 Å². The third kappa shape index (κ3) is 3.34. The van der Waals surface area contributed by atoms with E-state index in [2.05, 4.69) is 26.3 Å². The Balaban J connectivity index is 3.23. The fourth-order valence-electron chi connectivity index (χ4n) is 1.19. The first-order valence-electron chi connectivity index (χ1n) is 4.65. The highest BCUT2D eigenvalue weighted by Gasteiger charge is 2.27. The summed E-state index contributed by atoms with van der Waals surface area (Å²) in [7, 11) is -3.02. The Labute approximate surface area is 111 Å². The van der Waals surface area contributed by atoms with E-state index in [1.54, 1.807) is 0 Å². The number of anilines is 1. The Morgan fingerprint density at radius 3 is 2.72 bits per heavy atom. The molecule has 0 saturated heterocycles. The molecule has 1 aromatic heterocycles. The van der Waals surface area contributed by atoms with Gasteiger partial charge in [-0.05, 0) is 22.0 Å². The Morgan fingerprint density at radius 1 is 1.61 bits per heavy atom. The summed E-state index contributed by atoms with van der Waals surface area (Å²) < 4.78 is 49.5. The Hall–Kier alpha value is -0.840. The zero-order valence-corrected chi connectivity index (χ0v) is 11.7. The minimum atomic E-state index is -4.08. The molecule has 6 nitrogen and oxygen atoms in total. The van der Waals surface area contributed by atoms with Crippen molar-refractivity contribution in [1.29, 1.82) is 0 Å². The van der Waals surface area contributed by atoms with Crippen LogP contribution in [0.2, 0.25) is 0 Å². The zero-order chi connectivity index (χ0) is 13.9. The number of nitrogens with one attached hydrogen (secondary N) is 1. The number of hydrazine groups is 1. The number of halogens is 3. The topological polar surface area (TPSA) is 88.3 Å². The molecule has 1 aromatic rings. The average molecular weight is 345 g/mol. The Morgan fingerprint density at radius 2 is 2.22 bits per heavy atom. The van der Waals surface area contributed by atoms with Crippen molar-refractivity contribution in [2.24, 2.45) is 5.84 Å². The van der Waals surface area contributed by atoms with Crippen molar-refractivity contribution in [3.05, 3.63) is 16.7 Å². The molecule has 0 bridgehead atoms. The largest absolute Gasteiger partial charge is 0.307 e. The van der Waals surface area contributed by atoms with Gasteiger partial charge in [-0.25, -0.2) is 28.0 Å². The lowest BCUT2D eigenvalue weighted by Gasteiger charge is -2.18. The van der Waals surface area contributed by atoms with Crippen LogP contribution in [0.4, 0.5) is 14.6 Å². The first-order valence-corrected chi connectivity index (χ1v) is 6.89. The maximum Gasteiger partial charge on any atom is 0.252 e. The van der Waals surface area contributed by atoms with Gasteiger partial charge >= 0.3 is 0 Å². The van der Waals surface area contributed by atoms with Crippen LogP contribution in [-0.4, -0.2) is 37.7 Å². The highest BCUT2D eigenvalue weighted by molar-refractivity contribution is 9.10. The minimum absolute atomic E-state index is 0.112. The van der Waals surface area contributed by atoms with Gasteiger partial charge in [0.15, 0.2) is 5.82 Å². The van der Waals surface area contributed by atoms with Crippen molar-refractivity contribution in [2.75, 3.05) is 19.0 Å². The third-order valence-corrected chi connectivity index (χ3v) is 4.31. The summed E-state index contributed by atoms with van der Waals surface area (Å²) in [5, 5.41) is 0. The van der Waals surface area contributed by atoms with E-state index in [-0.39, 0.29) is 10.7 Å². The Kier molecular flexibility index (Phi) is 4.96. The quantitative estimate of drug-likeness (QED) is 0.614. The van der Waals surface area contributed by atoms with Gasteiger partial charge in [0.2, 0.25) is 10.0 Å². The molecule has 3 N–H and O–H groups in total. The summed E-state index contributed by atoms with van der Waals surface area (Å²) in [6.07, 6.45) is -1.43. The number of hydrogen-bond donors (Lipinski definition) is 2. The molecular formula is C8H11BrF2N4O2S. The minimum Gasteiger partial charge on any atom is -0.307 e. The number of nitrogens with zero attached hydrogens (tertiary/aromatic N) is 2. The maximum absolute atomic E-state index is 12.2. The predicted octanol–water partition coefficient (Wildman–Crippen LogP) is 1.02. The summed E-state index contributed by atoms with van der Waals surface area (Å²) in [6.45, 7) is -0.904. The van der Waals surface area contributed by atoms with Crippen molar-refractivity contribution < 1.29 is 17.2 Å². The van der Waals surface area contributed by atoms with Gasteiger partial charge in [0.1, 0.15) is 4.90 Å². The van der Waals surface area contributed by atoms with E-state index in [0.29, 0.717) is 8.78 Å². The lowest BCUT2D eigenvalue weighted by atomic mass is 10.5. The second-order valence-electron chi connectivity index (χ2n) is 3.32. The monoisotopic (exact) mass is 344 g/mol. The number of aromatic nitrogens is 1. The van der Waals surface area contributed by atoms with E-state index < -0.39 is 23.0 Å². The van der Waals surface area contributed by atoms with Crippen LogP contribution < -0.4 is 11.3 Å². The molecular weight excluding hydrogens is 334 g/mol. The Bertz CT molecular complexity index is 526. The summed E-state index contributed by atoms with van der Waals surface area (Å²) in [6, 6.07) is 1.24. The van der Waals surface area contributed by atoms with Gasteiger partial charge in [0, 0.05) is 17.7 Å². The van der Waals surface area contributed by atoms with Crippen LogP contribution in [0.3, 0.4) is 0 Å². The molecule has 0 aliphatic carbocycles. The highest BCUT2D eigenvalue weighted by atomic mass is 79.9. The van der Waals surface area contributed by atoms with Gasteiger partial charge in [-0.15, -0.1) is 0 Å². The third-order valence-electron chi connectivity index (χ3n) is 2.04. The second-order valence-corrected chi connectivity index (χ2v) is 6.25. The molecule has 0 fully saturated rings. The molecule has 0 unspecified atom stereocenters. The number of pyridine rings is 1. The molecule has 0 aliphatic heterocycles. The number of alkyl halides is 2. The first-order chi connectivity index (χ1) is 8.28. The number of nitrogens with two attached hydrogens (primary N) is 1. The predicted molar refractivity (Wildman–Crippen MR) is 65.6 cm³/mol. The molecule has 0 atom stereocenters. The van der Waals surface area contributed by atoms with E-state index in [1.807, 2.05) is 0 Å². The number of hydrogen-bond acceptors (Lipinski definition) is 5. The van der Waals surface area contributed by atoms with Crippen molar-refractivity contribution >= 4 is 31.8 Å². The summed E-state index contributed by atoms with van der Waals surface area (Å²) in [5.41, 5.74) is 2.11. The molecule has 0 aliphatic rings. The SMILES string of the molecule is CN(CC(F)F)S(=O)(=O)c1cc(Br)cnc1NN. The zero-order valence-electron chi connectivity index (χ0n) is 9.27. The number of nitrogen functional groups attached to an aromatic ring is 1. The molecule has 0 saturated carbocycles. The standard InChI is InChI=1S/C8H11BrF2N4O2S/c1-15(4-7(10)11)18(16,17)6-2-5(9)3-13-8(6)14-12/h2-3,7H,4,12H2,1H3,(H,13,14). The summed E-state index contributed by atoms with van der Waals surface area (Å²) in [4.78, 5) is 3.47. The molecule has 102 valence electrons. The molecule has 1 rings (SSSR count). The molecule has 0 amide bonds. The van der Waals surface area contributed by atoms with Crippen LogP contribution in [0.1, 0.15) is 0 Å². The molecule has 18 heavy (non-hydrogen) atoms. The molecule has 0 spiro atoms.